The van der Waals surface area contributed by atoms with Crippen LogP contribution in [0.3, 0.4) is 0 Å². The van der Waals surface area contributed by atoms with Crippen LogP contribution in [0.1, 0.15) is 6.92 Å². The van der Waals surface area contributed by atoms with E-state index in [2.05, 4.69) is 5.32 Å². The Labute approximate surface area is 101 Å². The van der Waals surface area contributed by atoms with E-state index in [9.17, 15) is 8.42 Å². The standard InChI is InChI=1S/C10H15ClN2O2S/c1-7(6-16(2,14)15)13-10-8(11)4-3-5-9(10)12/h3-5,7,13H,6,12H2,1-2H3. The molecule has 1 atom stereocenters. The number of sulfone groups is 1. The molecule has 0 aliphatic rings. The number of hydrogen-bond donors (Lipinski definition) is 2. The molecule has 0 fully saturated rings. The second-order valence-electron chi connectivity index (χ2n) is 3.84. The summed E-state index contributed by atoms with van der Waals surface area (Å²) in [7, 11) is -3.02. The van der Waals surface area contributed by atoms with Gasteiger partial charge in [0.2, 0.25) is 0 Å². The number of rotatable bonds is 4. The second-order valence-corrected chi connectivity index (χ2v) is 6.43. The van der Waals surface area contributed by atoms with Crippen molar-refractivity contribution in [3.8, 4) is 0 Å². The fourth-order valence-electron chi connectivity index (χ4n) is 1.44. The monoisotopic (exact) mass is 262 g/mol. The van der Waals surface area contributed by atoms with E-state index in [1.54, 1.807) is 25.1 Å². The van der Waals surface area contributed by atoms with Gasteiger partial charge in [0, 0.05) is 12.3 Å². The fourth-order valence-corrected chi connectivity index (χ4v) is 2.66. The summed E-state index contributed by atoms with van der Waals surface area (Å²) in [6.45, 7) is 1.77. The van der Waals surface area contributed by atoms with Crippen molar-refractivity contribution in [3.05, 3.63) is 23.2 Å². The van der Waals surface area contributed by atoms with E-state index in [1.807, 2.05) is 0 Å². The highest BCUT2D eigenvalue weighted by molar-refractivity contribution is 7.90. The third-order valence-corrected chi connectivity index (χ3v) is 3.41. The topological polar surface area (TPSA) is 72.2 Å². The Morgan fingerprint density at radius 3 is 2.62 bits per heavy atom. The number of benzene rings is 1. The van der Waals surface area contributed by atoms with Crippen molar-refractivity contribution in [1.82, 2.24) is 0 Å². The molecule has 4 nitrogen and oxygen atoms in total. The molecule has 0 radical (unpaired) electrons. The zero-order valence-corrected chi connectivity index (χ0v) is 10.8. The molecule has 0 aromatic heterocycles. The van der Waals surface area contributed by atoms with E-state index in [1.165, 1.54) is 6.26 Å². The van der Waals surface area contributed by atoms with E-state index >= 15 is 0 Å². The van der Waals surface area contributed by atoms with Crippen LogP contribution in [0.15, 0.2) is 18.2 Å². The third kappa shape index (κ3) is 3.90. The van der Waals surface area contributed by atoms with Crippen molar-refractivity contribution in [2.75, 3.05) is 23.1 Å². The maximum Gasteiger partial charge on any atom is 0.149 e. The van der Waals surface area contributed by atoms with Crippen LogP contribution in [0.2, 0.25) is 5.02 Å². The third-order valence-electron chi connectivity index (χ3n) is 1.99. The first-order valence-corrected chi connectivity index (χ1v) is 7.21. The van der Waals surface area contributed by atoms with Gasteiger partial charge in [0.25, 0.3) is 0 Å². The van der Waals surface area contributed by atoms with Crippen molar-refractivity contribution < 1.29 is 8.42 Å². The minimum absolute atomic E-state index is 0.0393. The molecule has 0 saturated heterocycles. The molecule has 0 heterocycles. The van der Waals surface area contributed by atoms with Crippen molar-refractivity contribution in [3.63, 3.8) is 0 Å². The molecule has 90 valence electrons. The van der Waals surface area contributed by atoms with Gasteiger partial charge in [-0.25, -0.2) is 8.42 Å². The quantitative estimate of drug-likeness (QED) is 0.811. The molecule has 6 heteroatoms. The van der Waals surface area contributed by atoms with E-state index in [-0.39, 0.29) is 11.8 Å². The second kappa shape index (κ2) is 4.93. The van der Waals surface area contributed by atoms with Crippen molar-refractivity contribution in [2.45, 2.75) is 13.0 Å². The number of halogens is 1. The zero-order valence-electron chi connectivity index (χ0n) is 9.20. The molecular weight excluding hydrogens is 248 g/mol. The molecule has 0 amide bonds. The van der Waals surface area contributed by atoms with E-state index in [4.69, 9.17) is 17.3 Å². The highest BCUT2D eigenvalue weighted by Gasteiger charge is 2.13. The molecule has 0 aliphatic heterocycles. The minimum Gasteiger partial charge on any atom is -0.397 e. The molecule has 0 spiro atoms. The van der Waals surface area contributed by atoms with Gasteiger partial charge in [0.15, 0.2) is 0 Å². The Balaban J connectivity index is 2.81. The Morgan fingerprint density at radius 1 is 1.50 bits per heavy atom. The van der Waals surface area contributed by atoms with Crippen LogP contribution >= 0.6 is 11.6 Å². The molecular formula is C10H15ClN2O2S. The number of nitrogens with two attached hydrogens (primary N) is 1. The van der Waals surface area contributed by atoms with Crippen LogP contribution < -0.4 is 11.1 Å². The van der Waals surface area contributed by atoms with Gasteiger partial charge in [-0.1, -0.05) is 17.7 Å². The highest BCUT2D eigenvalue weighted by atomic mass is 35.5. The Kier molecular flexibility index (Phi) is 4.04. The fraction of sp³-hybridized carbons (Fsp3) is 0.400. The highest BCUT2D eigenvalue weighted by Crippen LogP contribution is 2.28. The lowest BCUT2D eigenvalue weighted by molar-refractivity contribution is 0.598. The smallest absolute Gasteiger partial charge is 0.149 e. The van der Waals surface area contributed by atoms with Gasteiger partial charge in [-0.2, -0.15) is 0 Å². The number of nitrogen functional groups attached to an aromatic ring is 1. The predicted molar refractivity (Wildman–Crippen MR) is 68.7 cm³/mol. The summed E-state index contributed by atoms with van der Waals surface area (Å²) in [5, 5.41) is 3.49. The largest absolute Gasteiger partial charge is 0.397 e. The Bertz CT molecular complexity index is 453. The zero-order chi connectivity index (χ0) is 12.3. The van der Waals surface area contributed by atoms with Crippen LogP contribution in [-0.2, 0) is 9.84 Å². The summed E-state index contributed by atoms with van der Waals surface area (Å²) in [4.78, 5) is 0. The van der Waals surface area contributed by atoms with Crippen molar-refractivity contribution in [1.29, 1.82) is 0 Å². The van der Waals surface area contributed by atoms with Gasteiger partial charge in [0.05, 0.1) is 22.2 Å². The Morgan fingerprint density at radius 2 is 2.12 bits per heavy atom. The van der Waals surface area contributed by atoms with E-state index < -0.39 is 9.84 Å². The first kappa shape index (κ1) is 13.1. The predicted octanol–water partition coefficient (Wildman–Crippen LogP) is 1.77. The summed E-state index contributed by atoms with van der Waals surface area (Å²) < 4.78 is 22.2. The summed E-state index contributed by atoms with van der Waals surface area (Å²) >= 11 is 5.95. The maximum absolute atomic E-state index is 11.1. The van der Waals surface area contributed by atoms with Gasteiger partial charge < -0.3 is 11.1 Å². The van der Waals surface area contributed by atoms with Crippen LogP contribution in [-0.4, -0.2) is 26.5 Å². The van der Waals surface area contributed by atoms with Crippen molar-refractivity contribution >= 4 is 32.8 Å². The lowest BCUT2D eigenvalue weighted by Crippen LogP contribution is -2.25. The maximum atomic E-state index is 11.1. The normalized spacial score (nSPS) is 13.4. The lowest BCUT2D eigenvalue weighted by atomic mass is 10.2. The molecule has 1 unspecified atom stereocenters. The molecule has 1 aromatic carbocycles. The summed E-state index contributed by atoms with van der Waals surface area (Å²) in [5.74, 6) is 0.0393. The number of hydrogen-bond acceptors (Lipinski definition) is 4. The lowest BCUT2D eigenvalue weighted by Gasteiger charge is -2.16. The van der Waals surface area contributed by atoms with Crippen LogP contribution in [0.4, 0.5) is 11.4 Å². The number of para-hydroxylation sites is 1. The van der Waals surface area contributed by atoms with E-state index in [0.29, 0.717) is 16.4 Å². The molecule has 16 heavy (non-hydrogen) atoms. The van der Waals surface area contributed by atoms with Crippen LogP contribution in [0.5, 0.6) is 0 Å². The first-order valence-electron chi connectivity index (χ1n) is 4.78. The summed E-state index contributed by atoms with van der Waals surface area (Å²) in [6.07, 6.45) is 1.20. The summed E-state index contributed by atoms with van der Waals surface area (Å²) in [6, 6.07) is 4.91. The average Bonchev–Trinajstić information content (AvgIpc) is 2.08. The first-order chi connectivity index (χ1) is 7.29. The molecule has 0 saturated carbocycles. The van der Waals surface area contributed by atoms with Gasteiger partial charge in [0.1, 0.15) is 9.84 Å². The van der Waals surface area contributed by atoms with Gasteiger partial charge >= 0.3 is 0 Å². The minimum atomic E-state index is -3.02. The molecule has 1 rings (SSSR count). The SMILES string of the molecule is CC(CS(C)(=O)=O)Nc1c(N)cccc1Cl. The molecule has 1 aromatic rings. The van der Waals surface area contributed by atoms with Gasteiger partial charge in [-0.3, -0.25) is 0 Å². The van der Waals surface area contributed by atoms with Gasteiger partial charge in [-0.15, -0.1) is 0 Å². The Hall–Kier alpha value is -0.940. The van der Waals surface area contributed by atoms with E-state index in [0.717, 1.165) is 0 Å². The average molecular weight is 263 g/mol. The van der Waals surface area contributed by atoms with Crippen LogP contribution in [0.25, 0.3) is 0 Å². The molecule has 0 bridgehead atoms. The van der Waals surface area contributed by atoms with Crippen LogP contribution in [0, 0.1) is 0 Å². The molecule has 3 N–H and O–H groups in total. The number of nitrogens with one attached hydrogen (secondary N) is 1. The van der Waals surface area contributed by atoms with Crippen molar-refractivity contribution in [2.24, 2.45) is 0 Å². The summed E-state index contributed by atoms with van der Waals surface area (Å²) in [5.41, 5.74) is 6.83. The number of anilines is 2. The van der Waals surface area contributed by atoms with Gasteiger partial charge in [-0.05, 0) is 19.1 Å². The molecule has 0 aliphatic carbocycles.